The molecule has 138 valence electrons. The van der Waals surface area contributed by atoms with Crippen LogP contribution in [0.15, 0.2) is 54.6 Å². The second-order valence-corrected chi connectivity index (χ2v) is 7.11. The molecule has 2 aromatic rings. The summed E-state index contributed by atoms with van der Waals surface area (Å²) in [6.45, 7) is 4.70. The number of nitrogens with zero attached hydrogens (tertiary/aromatic N) is 2. The van der Waals surface area contributed by atoms with Gasteiger partial charge in [-0.25, -0.2) is 4.39 Å². The number of nitriles is 1. The number of benzene rings is 2. The lowest BCUT2D eigenvalue weighted by Gasteiger charge is -2.24. The third-order valence-corrected chi connectivity index (χ3v) is 5.00. The second kappa shape index (κ2) is 10.1. The molecular formula is C23H29FN2. The van der Waals surface area contributed by atoms with Gasteiger partial charge in [-0.15, -0.1) is 0 Å². The largest absolute Gasteiger partial charge is 0.299 e. The topological polar surface area (TPSA) is 27.0 Å². The summed E-state index contributed by atoms with van der Waals surface area (Å²) in [5.74, 6) is 0.167. The maximum atomic E-state index is 13.1. The summed E-state index contributed by atoms with van der Waals surface area (Å²) < 4.78 is 13.1. The zero-order chi connectivity index (χ0) is 18.9. The molecule has 0 spiro atoms. The van der Waals surface area contributed by atoms with Gasteiger partial charge in [0, 0.05) is 25.4 Å². The van der Waals surface area contributed by atoms with E-state index in [9.17, 15) is 4.39 Å². The van der Waals surface area contributed by atoms with Gasteiger partial charge >= 0.3 is 0 Å². The SMILES string of the molecule is CC#N.CC(CCc1ccc(C2CC2F)cc1)N(C)Cc1ccccc1. The summed E-state index contributed by atoms with van der Waals surface area (Å²) in [7, 11) is 2.19. The molecule has 3 atom stereocenters. The van der Waals surface area contributed by atoms with E-state index < -0.39 is 6.17 Å². The maximum absolute atomic E-state index is 13.1. The van der Waals surface area contributed by atoms with E-state index in [4.69, 9.17) is 5.26 Å². The molecule has 0 heterocycles. The molecule has 1 aliphatic carbocycles. The monoisotopic (exact) mass is 352 g/mol. The zero-order valence-electron chi connectivity index (χ0n) is 16.0. The minimum atomic E-state index is -0.604. The van der Waals surface area contributed by atoms with E-state index >= 15 is 0 Å². The lowest BCUT2D eigenvalue weighted by molar-refractivity contribution is 0.238. The standard InChI is InChI=1S/C21H26FN.C2H3N/c1-16(23(2)15-18-6-4-3-5-7-18)8-9-17-10-12-19(13-11-17)20-14-21(20)22;1-2-3/h3-7,10-13,16,20-21H,8-9,14-15H2,1-2H3;1H3. The molecular weight excluding hydrogens is 323 g/mol. The predicted molar refractivity (Wildman–Crippen MR) is 106 cm³/mol. The van der Waals surface area contributed by atoms with Gasteiger partial charge in [0.2, 0.25) is 0 Å². The van der Waals surface area contributed by atoms with Crippen LogP contribution in [0.1, 0.15) is 49.3 Å². The van der Waals surface area contributed by atoms with Gasteiger partial charge in [0.05, 0.1) is 6.07 Å². The summed E-state index contributed by atoms with van der Waals surface area (Å²) >= 11 is 0. The molecule has 2 aromatic carbocycles. The first-order valence-electron chi connectivity index (χ1n) is 9.33. The van der Waals surface area contributed by atoms with Gasteiger partial charge in [-0.2, -0.15) is 5.26 Å². The first kappa shape index (κ1) is 20.1. The van der Waals surface area contributed by atoms with Crippen LogP contribution in [0, 0.1) is 11.3 Å². The van der Waals surface area contributed by atoms with Crippen molar-refractivity contribution in [1.82, 2.24) is 4.90 Å². The quantitative estimate of drug-likeness (QED) is 0.658. The summed E-state index contributed by atoms with van der Waals surface area (Å²) in [6, 6.07) is 21.5. The Morgan fingerprint density at radius 3 is 2.23 bits per heavy atom. The van der Waals surface area contributed by atoms with Crippen molar-refractivity contribution in [3.8, 4) is 6.07 Å². The Bertz CT molecular complexity index is 690. The minimum Gasteiger partial charge on any atom is -0.299 e. The van der Waals surface area contributed by atoms with Gasteiger partial charge in [0.25, 0.3) is 0 Å². The first-order chi connectivity index (χ1) is 12.5. The Morgan fingerprint density at radius 1 is 1.12 bits per heavy atom. The van der Waals surface area contributed by atoms with E-state index in [2.05, 4.69) is 73.5 Å². The van der Waals surface area contributed by atoms with Crippen LogP contribution in [0.25, 0.3) is 0 Å². The Morgan fingerprint density at radius 2 is 1.69 bits per heavy atom. The van der Waals surface area contributed by atoms with Gasteiger partial charge in [0.1, 0.15) is 6.17 Å². The second-order valence-electron chi connectivity index (χ2n) is 7.11. The van der Waals surface area contributed by atoms with E-state index in [0.717, 1.165) is 24.9 Å². The molecule has 1 fully saturated rings. The van der Waals surface area contributed by atoms with Crippen LogP contribution in [0.5, 0.6) is 0 Å². The molecule has 3 rings (SSSR count). The highest BCUT2D eigenvalue weighted by molar-refractivity contribution is 5.30. The van der Waals surface area contributed by atoms with E-state index in [-0.39, 0.29) is 5.92 Å². The number of hydrogen-bond donors (Lipinski definition) is 0. The fourth-order valence-electron chi connectivity index (χ4n) is 3.06. The maximum Gasteiger partial charge on any atom is 0.108 e. The van der Waals surface area contributed by atoms with E-state index in [1.807, 2.05) is 0 Å². The number of aryl methyl sites for hydroxylation is 1. The van der Waals surface area contributed by atoms with Gasteiger partial charge in [0.15, 0.2) is 0 Å². The molecule has 0 amide bonds. The predicted octanol–water partition coefficient (Wildman–Crippen LogP) is 5.49. The fraction of sp³-hybridized carbons (Fsp3) is 0.435. The van der Waals surface area contributed by atoms with Crippen LogP contribution in [0.4, 0.5) is 4.39 Å². The molecule has 0 saturated heterocycles. The lowest BCUT2D eigenvalue weighted by Crippen LogP contribution is -2.28. The summed E-state index contributed by atoms with van der Waals surface area (Å²) in [5.41, 5.74) is 3.87. The third kappa shape index (κ3) is 6.28. The highest BCUT2D eigenvalue weighted by atomic mass is 19.1. The average Bonchev–Trinajstić information content (AvgIpc) is 3.38. The van der Waals surface area contributed by atoms with Gasteiger partial charge in [-0.1, -0.05) is 54.6 Å². The first-order valence-corrected chi connectivity index (χ1v) is 9.33. The highest BCUT2D eigenvalue weighted by Crippen LogP contribution is 2.43. The number of hydrogen-bond acceptors (Lipinski definition) is 2. The smallest absolute Gasteiger partial charge is 0.108 e. The summed E-state index contributed by atoms with van der Waals surface area (Å²) in [4.78, 5) is 2.40. The fourth-order valence-corrected chi connectivity index (χ4v) is 3.06. The van der Waals surface area contributed by atoms with Crippen LogP contribution in [0.3, 0.4) is 0 Å². The Balaban J connectivity index is 0.000000758. The van der Waals surface area contributed by atoms with Crippen LogP contribution in [0.2, 0.25) is 0 Å². The molecule has 0 aromatic heterocycles. The average molecular weight is 352 g/mol. The number of alkyl halides is 1. The van der Waals surface area contributed by atoms with Crippen LogP contribution < -0.4 is 0 Å². The van der Waals surface area contributed by atoms with Crippen LogP contribution in [-0.2, 0) is 13.0 Å². The van der Waals surface area contributed by atoms with Crippen molar-refractivity contribution in [2.24, 2.45) is 0 Å². The molecule has 2 nitrogen and oxygen atoms in total. The zero-order valence-corrected chi connectivity index (χ0v) is 16.0. The molecule has 0 aliphatic heterocycles. The molecule has 26 heavy (non-hydrogen) atoms. The molecule has 0 N–H and O–H groups in total. The van der Waals surface area contributed by atoms with E-state index in [0.29, 0.717) is 12.5 Å². The van der Waals surface area contributed by atoms with Crippen molar-refractivity contribution in [3.63, 3.8) is 0 Å². The third-order valence-electron chi connectivity index (χ3n) is 5.00. The number of halogens is 1. The van der Waals surface area contributed by atoms with Crippen LogP contribution >= 0.6 is 0 Å². The Kier molecular flexibility index (Phi) is 7.81. The molecule has 1 saturated carbocycles. The molecule has 3 heteroatoms. The van der Waals surface area contributed by atoms with Gasteiger partial charge < -0.3 is 0 Å². The Labute approximate surface area is 157 Å². The summed E-state index contributed by atoms with van der Waals surface area (Å²) in [5, 5.41) is 7.32. The summed E-state index contributed by atoms with van der Waals surface area (Å²) in [6.07, 6.45) is 2.32. The van der Waals surface area contributed by atoms with Crippen molar-refractivity contribution < 1.29 is 4.39 Å². The van der Waals surface area contributed by atoms with Crippen LogP contribution in [-0.4, -0.2) is 24.2 Å². The van der Waals surface area contributed by atoms with E-state index in [1.165, 1.54) is 18.1 Å². The number of rotatable bonds is 7. The highest BCUT2D eigenvalue weighted by Gasteiger charge is 2.38. The van der Waals surface area contributed by atoms with E-state index in [1.54, 1.807) is 6.07 Å². The molecule has 3 unspecified atom stereocenters. The van der Waals surface area contributed by atoms with Gasteiger partial charge in [-0.3, -0.25) is 4.90 Å². The Hall–Kier alpha value is -2.18. The van der Waals surface area contributed by atoms with Gasteiger partial charge in [-0.05, 0) is 49.9 Å². The van der Waals surface area contributed by atoms with Crippen molar-refractivity contribution in [1.29, 1.82) is 5.26 Å². The van der Waals surface area contributed by atoms with Crippen molar-refractivity contribution in [2.75, 3.05) is 7.05 Å². The molecule has 0 bridgehead atoms. The van der Waals surface area contributed by atoms with Crippen molar-refractivity contribution in [3.05, 3.63) is 71.3 Å². The van der Waals surface area contributed by atoms with Crippen molar-refractivity contribution in [2.45, 2.75) is 57.8 Å². The molecule has 0 radical (unpaired) electrons. The molecule has 1 aliphatic rings. The normalized spacial score (nSPS) is 19.2. The minimum absolute atomic E-state index is 0.167. The lowest BCUT2D eigenvalue weighted by atomic mass is 10.0. The van der Waals surface area contributed by atoms with Crippen molar-refractivity contribution >= 4 is 0 Å².